The molecule has 0 amide bonds. The Kier molecular flexibility index (Phi) is 4.94. The van der Waals surface area contributed by atoms with E-state index in [2.05, 4.69) is 0 Å². The topological polar surface area (TPSA) is 46.6 Å². The highest BCUT2D eigenvalue weighted by Crippen LogP contribution is 2.32. The third-order valence-corrected chi connectivity index (χ3v) is 6.14. The maximum atomic E-state index is 12.7. The predicted octanol–water partition coefficient (Wildman–Crippen LogP) is 3.00. The van der Waals surface area contributed by atoms with E-state index in [1.165, 1.54) is 11.4 Å². The highest BCUT2D eigenvalue weighted by Gasteiger charge is 2.32. The fourth-order valence-electron chi connectivity index (χ4n) is 2.63. The van der Waals surface area contributed by atoms with Gasteiger partial charge in [-0.3, -0.25) is 0 Å². The summed E-state index contributed by atoms with van der Waals surface area (Å²) < 4.78 is 32.1. The number of hydrogen-bond donors (Lipinski definition) is 0. The predicted molar refractivity (Wildman–Crippen MR) is 79.8 cm³/mol. The third kappa shape index (κ3) is 2.95. The molecule has 0 saturated heterocycles. The molecule has 0 aliphatic heterocycles. The van der Waals surface area contributed by atoms with Gasteiger partial charge in [-0.2, -0.15) is 4.31 Å². The van der Waals surface area contributed by atoms with Crippen LogP contribution in [-0.4, -0.2) is 32.9 Å². The molecule has 0 N–H and O–H groups in total. The number of halogens is 1. The van der Waals surface area contributed by atoms with E-state index in [1.807, 2.05) is 0 Å². The molecule has 1 fully saturated rings. The van der Waals surface area contributed by atoms with Gasteiger partial charge in [-0.1, -0.05) is 18.9 Å². The summed E-state index contributed by atoms with van der Waals surface area (Å²) in [4.78, 5) is 0.211. The quantitative estimate of drug-likeness (QED) is 0.784. The zero-order valence-corrected chi connectivity index (χ0v) is 13.4. The molecule has 1 aliphatic rings. The van der Waals surface area contributed by atoms with Gasteiger partial charge in [0.25, 0.3) is 0 Å². The number of methoxy groups -OCH3 is 1. The van der Waals surface area contributed by atoms with Crippen molar-refractivity contribution in [3.8, 4) is 5.75 Å². The van der Waals surface area contributed by atoms with Crippen LogP contribution in [0.3, 0.4) is 0 Å². The molecular formula is C14H20ClNO3S. The monoisotopic (exact) mass is 317 g/mol. The van der Waals surface area contributed by atoms with Gasteiger partial charge in [0.05, 0.1) is 7.11 Å². The van der Waals surface area contributed by atoms with Gasteiger partial charge in [0.1, 0.15) is 10.6 Å². The van der Waals surface area contributed by atoms with Crippen molar-refractivity contribution in [3.63, 3.8) is 0 Å². The standard InChI is InChI=1S/C14H20ClNO3S/c1-16(12-5-3-4-6-12)20(17,18)14-8-7-11(10-15)9-13(14)19-2/h7-9,12H,3-6,10H2,1-2H3. The maximum absolute atomic E-state index is 12.7. The minimum atomic E-state index is -3.52. The molecular weight excluding hydrogens is 298 g/mol. The summed E-state index contributed by atoms with van der Waals surface area (Å²) in [5.41, 5.74) is 0.839. The number of sulfonamides is 1. The zero-order valence-electron chi connectivity index (χ0n) is 11.8. The number of rotatable bonds is 5. The van der Waals surface area contributed by atoms with E-state index >= 15 is 0 Å². The van der Waals surface area contributed by atoms with Crippen LogP contribution < -0.4 is 4.74 Å². The molecule has 0 aromatic heterocycles. The first-order chi connectivity index (χ1) is 9.50. The molecule has 6 heteroatoms. The Morgan fingerprint density at radius 1 is 1.35 bits per heavy atom. The molecule has 1 aliphatic carbocycles. The molecule has 0 atom stereocenters. The normalized spacial score (nSPS) is 16.8. The lowest BCUT2D eigenvalue weighted by Crippen LogP contribution is -2.35. The Balaban J connectivity index is 2.37. The van der Waals surface area contributed by atoms with Gasteiger partial charge in [0, 0.05) is 19.0 Å². The summed E-state index contributed by atoms with van der Waals surface area (Å²) >= 11 is 5.77. The van der Waals surface area contributed by atoms with Gasteiger partial charge in [0.15, 0.2) is 0 Å². The van der Waals surface area contributed by atoms with Gasteiger partial charge in [-0.15, -0.1) is 11.6 Å². The van der Waals surface area contributed by atoms with Crippen molar-refractivity contribution < 1.29 is 13.2 Å². The van der Waals surface area contributed by atoms with E-state index in [4.69, 9.17) is 16.3 Å². The van der Waals surface area contributed by atoms with Gasteiger partial charge >= 0.3 is 0 Å². The first kappa shape index (κ1) is 15.6. The first-order valence-electron chi connectivity index (χ1n) is 6.71. The minimum absolute atomic E-state index is 0.0948. The van der Waals surface area contributed by atoms with Crippen molar-refractivity contribution in [2.75, 3.05) is 14.2 Å². The summed E-state index contributed by atoms with van der Waals surface area (Å²) in [6.07, 6.45) is 4.04. The SMILES string of the molecule is COc1cc(CCl)ccc1S(=O)(=O)N(C)C1CCCC1. The molecule has 0 radical (unpaired) electrons. The first-order valence-corrected chi connectivity index (χ1v) is 8.69. The van der Waals surface area contributed by atoms with Crippen LogP contribution in [0.2, 0.25) is 0 Å². The number of ether oxygens (including phenoxy) is 1. The summed E-state index contributed by atoms with van der Waals surface area (Å²) in [5.74, 6) is 0.683. The van der Waals surface area contributed by atoms with Crippen LogP contribution in [0.4, 0.5) is 0 Å². The Bertz CT molecular complexity index is 568. The summed E-state index contributed by atoms with van der Waals surface area (Å²) in [7, 11) is -0.398. The van der Waals surface area contributed by atoms with Crippen molar-refractivity contribution in [3.05, 3.63) is 23.8 Å². The fourth-order valence-corrected chi connectivity index (χ4v) is 4.34. The Labute approximate surface area is 125 Å². The van der Waals surface area contributed by atoms with Crippen molar-refractivity contribution in [1.82, 2.24) is 4.31 Å². The van der Waals surface area contributed by atoms with Gasteiger partial charge in [-0.25, -0.2) is 8.42 Å². The van der Waals surface area contributed by atoms with Crippen LogP contribution in [0.5, 0.6) is 5.75 Å². The molecule has 1 saturated carbocycles. The molecule has 20 heavy (non-hydrogen) atoms. The molecule has 112 valence electrons. The maximum Gasteiger partial charge on any atom is 0.246 e. The van der Waals surface area contributed by atoms with E-state index in [-0.39, 0.29) is 10.9 Å². The second-order valence-corrected chi connectivity index (χ2v) is 7.31. The van der Waals surface area contributed by atoms with Crippen LogP contribution in [0, 0.1) is 0 Å². The molecule has 0 heterocycles. The molecule has 0 bridgehead atoms. The lowest BCUT2D eigenvalue weighted by Gasteiger charge is -2.24. The van der Waals surface area contributed by atoms with Crippen LogP contribution in [0.15, 0.2) is 23.1 Å². The number of benzene rings is 1. The highest BCUT2D eigenvalue weighted by atomic mass is 35.5. The third-order valence-electron chi connectivity index (χ3n) is 3.88. The zero-order chi connectivity index (χ0) is 14.8. The summed E-state index contributed by atoms with van der Waals surface area (Å²) in [6, 6.07) is 5.09. The van der Waals surface area contributed by atoms with Crippen molar-refractivity contribution in [2.24, 2.45) is 0 Å². The van der Waals surface area contributed by atoms with Crippen LogP contribution in [-0.2, 0) is 15.9 Å². The average molecular weight is 318 g/mol. The lowest BCUT2D eigenvalue weighted by atomic mass is 10.2. The van der Waals surface area contributed by atoms with Gasteiger partial charge in [-0.05, 0) is 30.5 Å². The van der Waals surface area contributed by atoms with Crippen LogP contribution >= 0.6 is 11.6 Å². The average Bonchev–Trinajstić information content (AvgIpc) is 2.99. The smallest absolute Gasteiger partial charge is 0.246 e. The van der Waals surface area contributed by atoms with Crippen molar-refractivity contribution in [1.29, 1.82) is 0 Å². The number of hydrogen-bond acceptors (Lipinski definition) is 3. The fraction of sp³-hybridized carbons (Fsp3) is 0.571. The molecule has 0 unspecified atom stereocenters. The second kappa shape index (κ2) is 6.33. The largest absolute Gasteiger partial charge is 0.495 e. The van der Waals surface area contributed by atoms with E-state index in [1.54, 1.807) is 25.2 Å². The lowest BCUT2D eigenvalue weighted by molar-refractivity contribution is 0.365. The van der Waals surface area contributed by atoms with E-state index in [0.29, 0.717) is 11.6 Å². The van der Waals surface area contributed by atoms with Gasteiger partial charge in [0.2, 0.25) is 10.0 Å². The van der Waals surface area contributed by atoms with Crippen molar-refractivity contribution in [2.45, 2.75) is 42.5 Å². The highest BCUT2D eigenvalue weighted by molar-refractivity contribution is 7.89. The van der Waals surface area contributed by atoms with E-state index < -0.39 is 10.0 Å². The Morgan fingerprint density at radius 3 is 2.55 bits per heavy atom. The van der Waals surface area contributed by atoms with Crippen LogP contribution in [0.1, 0.15) is 31.2 Å². The Morgan fingerprint density at radius 2 is 2.00 bits per heavy atom. The summed E-state index contributed by atoms with van der Waals surface area (Å²) in [6.45, 7) is 0. The summed E-state index contributed by atoms with van der Waals surface area (Å²) in [5, 5.41) is 0. The number of alkyl halides is 1. The van der Waals surface area contributed by atoms with E-state index in [0.717, 1.165) is 31.2 Å². The minimum Gasteiger partial charge on any atom is -0.495 e. The Hall–Kier alpha value is -0.780. The second-order valence-electron chi connectivity index (χ2n) is 5.08. The molecule has 4 nitrogen and oxygen atoms in total. The molecule has 0 spiro atoms. The van der Waals surface area contributed by atoms with Crippen molar-refractivity contribution >= 4 is 21.6 Å². The number of nitrogens with zero attached hydrogens (tertiary/aromatic N) is 1. The molecule has 2 rings (SSSR count). The molecule has 1 aromatic rings. The molecule has 1 aromatic carbocycles. The van der Waals surface area contributed by atoms with E-state index in [9.17, 15) is 8.42 Å². The van der Waals surface area contributed by atoms with Gasteiger partial charge < -0.3 is 4.74 Å². The van der Waals surface area contributed by atoms with Crippen LogP contribution in [0.25, 0.3) is 0 Å².